The van der Waals surface area contributed by atoms with Gasteiger partial charge >= 0.3 is 0 Å². The molecule has 1 saturated carbocycles. The third kappa shape index (κ3) is 3.24. The molecule has 5 nitrogen and oxygen atoms in total. The Balaban J connectivity index is 1.66. The second-order valence-electron chi connectivity index (χ2n) is 5.78. The summed E-state index contributed by atoms with van der Waals surface area (Å²) in [6.45, 7) is 0. The van der Waals surface area contributed by atoms with Crippen LogP contribution >= 0.6 is 0 Å². The minimum atomic E-state index is -0.0311. The smallest absolute Gasteiger partial charge is 0.226 e. The Morgan fingerprint density at radius 2 is 2.10 bits per heavy atom. The summed E-state index contributed by atoms with van der Waals surface area (Å²) >= 11 is 0. The van der Waals surface area contributed by atoms with Gasteiger partial charge < -0.3 is 15.6 Å². The Hall–Kier alpha value is -1.88. The number of hydrogen-bond donors (Lipinski definition) is 2. The van der Waals surface area contributed by atoms with Gasteiger partial charge in [-0.25, -0.2) is 0 Å². The van der Waals surface area contributed by atoms with Crippen LogP contribution in [0.3, 0.4) is 0 Å². The number of fused-ring (bicyclic) bond motifs is 1. The maximum Gasteiger partial charge on any atom is 0.226 e. The lowest BCUT2D eigenvalue weighted by Gasteiger charge is -2.22. The molecule has 1 amide bonds. The molecule has 2 unspecified atom stereocenters. The fourth-order valence-corrected chi connectivity index (χ4v) is 2.99. The van der Waals surface area contributed by atoms with Crippen molar-refractivity contribution < 1.29 is 9.32 Å². The van der Waals surface area contributed by atoms with E-state index in [0.29, 0.717) is 11.3 Å². The molecule has 3 rings (SSSR count). The minimum Gasteiger partial charge on any atom is -0.356 e. The van der Waals surface area contributed by atoms with E-state index in [1.807, 2.05) is 24.3 Å². The van der Waals surface area contributed by atoms with E-state index in [0.717, 1.165) is 31.1 Å². The van der Waals surface area contributed by atoms with Gasteiger partial charge in [-0.1, -0.05) is 36.6 Å². The number of nitrogens with one attached hydrogen (secondary N) is 1. The van der Waals surface area contributed by atoms with Crippen LogP contribution in [0.15, 0.2) is 28.8 Å². The number of rotatable bonds is 3. The molecule has 0 spiro atoms. The Labute approximate surface area is 123 Å². The number of carbonyl (C=O) groups excluding carboxylic acids is 1. The van der Waals surface area contributed by atoms with Gasteiger partial charge in [-0.05, 0) is 25.0 Å². The summed E-state index contributed by atoms with van der Waals surface area (Å²) in [6, 6.07) is 7.73. The van der Waals surface area contributed by atoms with Crippen molar-refractivity contribution in [2.45, 2.75) is 50.6 Å². The zero-order valence-electron chi connectivity index (χ0n) is 12.0. The van der Waals surface area contributed by atoms with Crippen molar-refractivity contribution in [2.24, 2.45) is 5.73 Å². The third-order valence-electron chi connectivity index (χ3n) is 4.20. The first-order valence-electron chi connectivity index (χ1n) is 7.62. The normalized spacial score (nSPS) is 22.9. The number of amides is 1. The van der Waals surface area contributed by atoms with Crippen molar-refractivity contribution in [3.8, 4) is 0 Å². The van der Waals surface area contributed by atoms with Crippen molar-refractivity contribution in [3.63, 3.8) is 0 Å². The lowest BCUT2D eigenvalue weighted by Crippen LogP contribution is -2.47. The summed E-state index contributed by atoms with van der Waals surface area (Å²) in [4.78, 5) is 12.2. The van der Waals surface area contributed by atoms with Crippen LogP contribution in [0.2, 0.25) is 0 Å². The van der Waals surface area contributed by atoms with E-state index in [9.17, 15) is 4.79 Å². The van der Waals surface area contributed by atoms with Crippen LogP contribution in [0, 0.1) is 0 Å². The van der Waals surface area contributed by atoms with Crippen molar-refractivity contribution in [2.75, 3.05) is 0 Å². The van der Waals surface area contributed by atoms with Crippen LogP contribution in [0.25, 0.3) is 11.0 Å². The van der Waals surface area contributed by atoms with Crippen molar-refractivity contribution in [1.29, 1.82) is 0 Å². The summed E-state index contributed by atoms with van der Waals surface area (Å²) < 4.78 is 5.23. The van der Waals surface area contributed by atoms with Gasteiger partial charge in [0.1, 0.15) is 5.69 Å². The fourth-order valence-electron chi connectivity index (χ4n) is 2.99. The zero-order chi connectivity index (χ0) is 14.7. The summed E-state index contributed by atoms with van der Waals surface area (Å²) in [6.07, 6.45) is 5.67. The Morgan fingerprint density at radius 1 is 1.29 bits per heavy atom. The predicted octanol–water partition coefficient (Wildman–Crippen LogP) is 2.15. The number of nitrogens with two attached hydrogens (primary N) is 1. The van der Waals surface area contributed by atoms with E-state index >= 15 is 0 Å². The van der Waals surface area contributed by atoms with E-state index in [2.05, 4.69) is 10.5 Å². The SMILES string of the molecule is NC1CCCCCC1NC(=O)Cc1noc2ccccc12. The Kier molecular flexibility index (Phi) is 4.20. The molecule has 1 aromatic heterocycles. The van der Waals surface area contributed by atoms with Gasteiger partial charge in [0.15, 0.2) is 5.58 Å². The topological polar surface area (TPSA) is 81.1 Å². The molecule has 0 aliphatic heterocycles. The zero-order valence-corrected chi connectivity index (χ0v) is 12.0. The maximum absolute atomic E-state index is 12.2. The van der Waals surface area contributed by atoms with Gasteiger partial charge in [0.05, 0.1) is 6.42 Å². The number of aromatic nitrogens is 1. The fraction of sp³-hybridized carbons (Fsp3) is 0.500. The highest BCUT2D eigenvalue weighted by atomic mass is 16.5. The number of benzene rings is 1. The third-order valence-corrected chi connectivity index (χ3v) is 4.20. The van der Waals surface area contributed by atoms with E-state index in [1.165, 1.54) is 6.42 Å². The minimum absolute atomic E-state index is 0.0311. The molecule has 1 aromatic carbocycles. The van der Waals surface area contributed by atoms with Gasteiger partial charge in [0.2, 0.25) is 5.91 Å². The second-order valence-corrected chi connectivity index (χ2v) is 5.78. The molecule has 2 aromatic rings. The highest BCUT2D eigenvalue weighted by molar-refractivity contribution is 5.86. The molecule has 0 saturated heterocycles. The summed E-state index contributed by atoms with van der Waals surface area (Å²) in [5.41, 5.74) is 7.54. The lowest BCUT2D eigenvalue weighted by molar-refractivity contribution is -0.121. The Bertz CT molecular complexity index is 623. The second kappa shape index (κ2) is 6.26. The highest BCUT2D eigenvalue weighted by Crippen LogP contribution is 2.19. The summed E-state index contributed by atoms with van der Waals surface area (Å²) in [5, 5.41) is 7.97. The Morgan fingerprint density at radius 3 is 3.00 bits per heavy atom. The van der Waals surface area contributed by atoms with Crippen LogP contribution < -0.4 is 11.1 Å². The number of nitrogens with zero attached hydrogens (tertiary/aromatic N) is 1. The molecule has 5 heteroatoms. The highest BCUT2D eigenvalue weighted by Gasteiger charge is 2.22. The van der Waals surface area contributed by atoms with Crippen molar-refractivity contribution >= 4 is 16.9 Å². The molecule has 1 aliphatic carbocycles. The lowest BCUT2D eigenvalue weighted by atomic mass is 10.0. The number of para-hydroxylation sites is 1. The molecule has 3 N–H and O–H groups in total. The number of hydrogen-bond acceptors (Lipinski definition) is 4. The molecule has 21 heavy (non-hydrogen) atoms. The van der Waals surface area contributed by atoms with E-state index in [1.54, 1.807) is 0 Å². The monoisotopic (exact) mass is 287 g/mol. The molecule has 0 radical (unpaired) electrons. The van der Waals surface area contributed by atoms with E-state index < -0.39 is 0 Å². The molecular formula is C16H21N3O2. The molecule has 1 aliphatic rings. The standard InChI is InChI=1S/C16H21N3O2/c17-12-7-2-1-3-8-13(12)18-16(20)10-14-11-6-4-5-9-15(11)21-19-14/h4-6,9,12-13H,1-3,7-8,10,17H2,(H,18,20). The van der Waals surface area contributed by atoms with Gasteiger partial charge in [0, 0.05) is 17.5 Å². The van der Waals surface area contributed by atoms with Gasteiger partial charge in [-0.2, -0.15) is 0 Å². The van der Waals surface area contributed by atoms with Crippen LogP contribution in [0.4, 0.5) is 0 Å². The molecule has 112 valence electrons. The molecule has 1 heterocycles. The summed E-state index contributed by atoms with van der Waals surface area (Å²) in [5.74, 6) is -0.0311. The van der Waals surface area contributed by atoms with Crippen LogP contribution in [-0.4, -0.2) is 23.1 Å². The number of carbonyl (C=O) groups is 1. The molecule has 2 atom stereocenters. The molecule has 1 fully saturated rings. The van der Waals surface area contributed by atoms with E-state index in [-0.39, 0.29) is 24.4 Å². The first kappa shape index (κ1) is 14.1. The molecule has 0 bridgehead atoms. The average molecular weight is 287 g/mol. The van der Waals surface area contributed by atoms with Crippen LogP contribution in [0.1, 0.15) is 37.8 Å². The first-order valence-corrected chi connectivity index (χ1v) is 7.62. The average Bonchev–Trinajstić information content (AvgIpc) is 2.77. The van der Waals surface area contributed by atoms with Crippen LogP contribution in [-0.2, 0) is 11.2 Å². The van der Waals surface area contributed by atoms with Crippen molar-refractivity contribution in [1.82, 2.24) is 10.5 Å². The maximum atomic E-state index is 12.2. The van der Waals surface area contributed by atoms with Gasteiger partial charge in [0.25, 0.3) is 0 Å². The predicted molar refractivity (Wildman–Crippen MR) is 80.7 cm³/mol. The van der Waals surface area contributed by atoms with E-state index in [4.69, 9.17) is 10.3 Å². The van der Waals surface area contributed by atoms with Gasteiger partial charge in [-0.15, -0.1) is 0 Å². The van der Waals surface area contributed by atoms with Crippen LogP contribution in [0.5, 0.6) is 0 Å². The molecular weight excluding hydrogens is 266 g/mol. The quantitative estimate of drug-likeness (QED) is 0.847. The largest absolute Gasteiger partial charge is 0.356 e. The first-order chi connectivity index (χ1) is 10.2. The van der Waals surface area contributed by atoms with Crippen molar-refractivity contribution in [3.05, 3.63) is 30.0 Å². The van der Waals surface area contributed by atoms with Gasteiger partial charge in [-0.3, -0.25) is 4.79 Å². The summed E-state index contributed by atoms with van der Waals surface area (Å²) in [7, 11) is 0.